The van der Waals surface area contributed by atoms with E-state index < -0.39 is 0 Å². The molecule has 12 nitrogen and oxygen atoms in total. The van der Waals surface area contributed by atoms with Gasteiger partial charge in [-0.1, -0.05) is 6.07 Å². The van der Waals surface area contributed by atoms with Gasteiger partial charge in [-0.25, -0.2) is 9.97 Å². The molecule has 0 atom stereocenters. The van der Waals surface area contributed by atoms with E-state index in [9.17, 15) is 4.79 Å². The first kappa shape index (κ1) is 19.6. The predicted octanol–water partition coefficient (Wildman–Crippen LogP) is 2.46. The number of nitrogens with zero attached hydrogens (tertiary/aromatic N) is 6. The van der Waals surface area contributed by atoms with Gasteiger partial charge in [-0.05, 0) is 31.9 Å². The van der Waals surface area contributed by atoms with Crippen LogP contribution in [0, 0.1) is 12.8 Å². The summed E-state index contributed by atoms with van der Waals surface area (Å²) >= 11 is 0. The molecule has 162 valence electrons. The maximum absolute atomic E-state index is 12.2. The Morgan fingerprint density at radius 1 is 1.19 bits per heavy atom. The van der Waals surface area contributed by atoms with Crippen molar-refractivity contribution in [3.63, 3.8) is 0 Å². The molecule has 32 heavy (non-hydrogen) atoms. The van der Waals surface area contributed by atoms with Gasteiger partial charge < -0.3 is 15.4 Å². The zero-order valence-corrected chi connectivity index (χ0v) is 17.4. The third-order valence-electron chi connectivity index (χ3n) is 4.96. The number of benzene rings is 1. The number of H-pyrrole nitrogens is 2. The quantitative estimate of drug-likeness (QED) is 0.344. The summed E-state index contributed by atoms with van der Waals surface area (Å²) in [6.45, 7) is 1.80. The van der Waals surface area contributed by atoms with Crippen molar-refractivity contribution in [1.29, 1.82) is 0 Å². The van der Waals surface area contributed by atoms with Crippen molar-refractivity contribution in [3.8, 4) is 28.7 Å². The van der Waals surface area contributed by atoms with Gasteiger partial charge >= 0.3 is 0 Å². The third-order valence-corrected chi connectivity index (χ3v) is 4.96. The number of carbonyl (C=O) groups excluding carboxylic acids is 1. The number of hydrogen-bond donors (Lipinski definition) is 4. The minimum atomic E-state index is -0.0587. The largest absolute Gasteiger partial charge is 0.494 e. The first-order valence-corrected chi connectivity index (χ1v) is 10.00. The molecule has 0 bridgehead atoms. The fraction of sp³-hybridized carbons (Fsp3) is 0.250. The summed E-state index contributed by atoms with van der Waals surface area (Å²) in [5.74, 6) is 2.47. The molecule has 1 fully saturated rings. The molecule has 5 rings (SSSR count). The summed E-state index contributed by atoms with van der Waals surface area (Å²) in [7, 11) is 1.58. The lowest BCUT2D eigenvalue weighted by Gasteiger charge is -2.16. The predicted molar refractivity (Wildman–Crippen MR) is 115 cm³/mol. The Bertz CT molecular complexity index is 1260. The molecular weight excluding hydrogens is 412 g/mol. The van der Waals surface area contributed by atoms with E-state index in [1.54, 1.807) is 20.1 Å². The Kier molecular flexibility index (Phi) is 4.94. The SMILES string of the molecule is COc1c(Nc2cc(NC(=O)C3CC3)nnc2-c2n[nH]c(C)n2)cccc1-c1ncn[nH]1. The van der Waals surface area contributed by atoms with Crippen LogP contribution < -0.4 is 15.4 Å². The Hall–Kier alpha value is -4.35. The van der Waals surface area contributed by atoms with Crippen molar-refractivity contribution in [2.45, 2.75) is 19.8 Å². The van der Waals surface area contributed by atoms with Crippen LogP contribution in [0.15, 0.2) is 30.6 Å². The topological polar surface area (TPSA) is 159 Å². The Balaban J connectivity index is 1.55. The molecule has 0 unspecified atom stereocenters. The lowest BCUT2D eigenvalue weighted by atomic mass is 10.1. The Morgan fingerprint density at radius 3 is 2.75 bits per heavy atom. The smallest absolute Gasteiger partial charge is 0.228 e. The first-order valence-electron chi connectivity index (χ1n) is 10.00. The standard InChI is InChI=1S/C20H20N10O2/c1-10-23-19(30-26-10)16-14(8-15(27-28-16)25-20(31)11-6-7-11)24-13-5-3-4-12(17(13)32-2)18-21-9-22-29-18/h3-5,8-9,11H,6-7H2,1-2H3,(H,21,22,29)(H,23,26,30)(H2,24,25,27,31). The van der Waals surface area contributed by atoms with Gasteiger partial charge in [-0.15, -0.1) is 10.2 Å². The third kappa shape index (κ3) is 3.85. The van der Waals surface area contributed by atoms with E-state index in [4.69, 9.17) is 4.74 Å². The highest BCUT2D eigenvalue weighted by Gasteiger charge is 2.30. The molecule has 3 aromatic heterocycles. The van der Waals surface area contributed by atoms with Crippen LogP contribution in [-0.4, -0.2) is 53.6 Å². The summed E-state index contributed by atoms with van der Waals surface area (Å²) in [4.78, 5) is 20.8. The highest BCUT2D eigenvalue weighted by Crippen LogP contribution is 2.38. The van der Waals surface area contributed by atoms with Gasteiger partial charge in [-0.2, -0.15) is 10.2 Å². The molecule has 0 saturated heterocycles. The number of para-hydroxylation sites is 1. The summed E-state index contributed by atoms with van der Waals surface area (Å²) in [6.07, 6.45) is 3.22. The summed E-state index contributed by atoms with van der Waals surface area (Å²) in [5, 5.41) is 28.3. The van der Waals surface area contributed by atoms with Crippen molar-refractivity contribution < 1.29 is 9.53 Å². The van der Waals surface area contributed by atoms with Crippen LogP contribution in [-0.2, 0) is 4.79 Å². The van der Waals surface area contributed by atoms with E-state index in [1.165, 1.54) is 6.33 Å². The molecule has 3 heterocycles. The Morgan fingerprint density at radius 2 is 2.06 bits per heavy atom. The second-order valence-corrected chi connectivity index (χ2v) is 7.35. The Labute approximate surface area is 182 Å². The minimum Gasteiger partial charge on any atom is -0.494 e. The molecule has 1 amide bonds. The maximum atomic E-state index is 12.2. The molecule has 1 aliphatic carbocycles. The van der Waals surface area contributed by atoms with Crippen LogP contribution in [0.5, 0.6) is 5.75 Å². The number of hydrogen-bond acceptors (Lipinski definition) is 9. The van der Waals surface area contributed by atoms with Gasteiger partial charge in [0.1, 0.15) is 12.2 Å². The average Bonchev–Trinajstić information content (AvgIpc) is 3.33. The number of nitrogens with one attached hydrogen (secondary N) is 4. The number of ether oxygens (including phenoxy) is 1. The van der Waals surface area contributed by atoms with Gasteiger partial charge in [0, 0.05) is 12.0 Å². The number of aryl methyl sites for hydroxylation is 1. The molecule has 1 aromatic carbocycles. The van der Waals surface area contributed by atoms with E-state index >= 15 is 0 Å². The van der Waals surface area contributed by atoms with E-state index in [-0.39, 0.29) is 11.8 Å². The maximum Gasteiger partial charge on any atom is 0.228 e. The van der Waals surface area contributed by atoms with Crippen molar-refractivity contribution >= 4 is 23.1 Å². The lowest BCUT2D eigenvalue weighted by Crippen LogP contribution is -2.15. The fourth-order valence-corrected chi connectivity index (χ4v) is 3.26. The van der Waals surface area contributed by atoms with Gasteiger partial charge in [-0.3, -0.25) is 15.0 Å². The first-order chi connectivity index (χ1) is 15.6. The van der Waals surface area contributed by atoms with Gasteiger partial charge in [0.05, 0.1) is 24.0 Å². The summed E-state index contributed by atoms with van der Waals surface area (Å²) in [5.41, 5.74) is 2.36. The van der Waals surface area contributed by atoms with E-state index in [2.05, 4.69) is 51.2 Å². The number of rotatable bonds is 7. The van der Waals surface area contributed by atoms with E-state index in [1.807, 2.05) is 18.2 Å². The molecule has 0 aliphatic heterocycles. The fourth-order valence-electron chi connectivity index (χ4n) is 3.26. The monoisotopic (exact) mass is 432 g/mol. The molecule has 12 heteroatoms. The molecule has 1 saturated carbocycles. The number of methoxy groups -OCH3 is 1. The van der Waals surface area contributed by atoms with Crippen molar-refractivity contribution in [2.24, 2.45) is 5.92 Å². The second kappa shape index (κ2) is 8.06. The van der Waals surface area contributed by atoms with Crippen LogP contribution >= 0.6 is 0 Å². The van der Waals surface area contributed by atoms with E-state index in [0.717, 1.165) is 18.4 Å². The van der Waals surface area contributed by atoms with E-state index in [0.29, 0.717) is 46.1 Å². The summed E-state index contributed by atoms with van der Waals surface area (Å²) < 4.78 is 5.66. The molecule has 1 aliphatic rings. The van der Waals surface area contributed by atoms with Crippen LogP contribution in [0.4, 0.5) is 17.2 Å². The van der Waals surface area contributed by atoms with Crippen LogP contribution in [0.25, 0.3) is 22.9 Å². The van der Waals surface area contributed by atoms with Crippen LogP contribution in [0.1, 0.15) is 18.7 Å². The van der Waals surface area contributed by atoms with Crippen LogP contribution in [0.2, 0.25) is 0 Å². The number of aromatic amines is 2. The van der Waals surface area contributed by atoms with Crippen molar-refractivity contribution in [2.75, 3.05) is 17.7 Å². The zero-order chi connectivity index (χ0) is 22.1. The normalized spacial score (nSPS) is 13.1. The highest BCUT2D eigenvalue weighted by molar-refractivity contribution is 5.94. The number of aromatic nitrogens is 8. The summed E-state index contributed by atoms with van der Waals surface area (Å²) in [6, 6.07) is 7.29. The highest BCUT2D eigenvalue weighted by atomic mass is 16.5. The molecule has 0 spiro atoms. The van der Waals surface area contributed by atoms with Gasteiger partial charge in [0.15, 0.2) is 23.1 Å². The number of carbonyl (C=O) groups is 1. The number of amides is 1. The minimum absolute atomic E-state index is 0.0437. The average molecular weight is 432 g/mol. The van der Waals surface area contributed by atoms with Gasteiger partial charge in [0.25, 0.3) is 0 Å². The second-order valence-electron chi connectivity index (χ2n) is 7.35. The molecular formula is C20H20N10O2. The van der Waals surface area contributed by atoms with Crippen molar-refractivity contribution in [1.82, 2.24) is 40.6 Å². The molecule has 0 radical (unpaired) electrons. The number of anilines is 3. The van der Waals surface area contributed by atoms with Gasteiger partial charge in [0.2, 0.25) is 11.7 Å². The zero-order valence-electron chi connectivity index (χ0n) is 17.4. The molecule has 4 N–H and O–H groups in total. The van der Waals surface area contributed by atoms with Crippen molar-refractivity contribution in [3.05, 3.63) is 36.4 Å². The van der Waals surface area contributed by atoms with Crippen LogP contribution in [0.3, 0.4) is 0 Å². The lowest BCUT2D eigenvalue weighted by molar-refractivity contribution is -0.117. The molecule has 4 aromatic rings.